The van der Waals surface area contributed by atoms with Gasteiger partial charge in [-0.1, -0.05) is 0 Å². The van der Waals surface area contributed by atoms with E-state index in [9.17, 15) is 4.79 Å². The molecule has 2 rings (SSSR count). The van der Waals surface area contributed by atoms with Crippen LogP contribution in [0.3, 0.4) is 0 Å². The number of H-pyrrole nitrogens is 1. The summed E-state index contributed by atoms with van der Waals surface area (Å²) in [4.78, 5) is 25.5. The standard InChI is InChI=1S/C12H21N5O/c1-15(2)12(18)10-8-17(7-6-16(10)3)9-11-13-4-5-14-11/h4-5,10H,6-9H2,1-3H3,(H,13,14)/t10-/m0/s1. The van der Waals surface area contributed by atoms with Gasteiger partial charge in [-0.05, 0) is 7.05 Å². The van der Waals surface area contributed by atoms with E-state index < -0.39 is 0 Å². The van der Waals surface area contributed by atoms with E-state index in [-0.39, 0.29) is 11.9 Å². The number of aromatic amines is 1. The number of carbonyl (C=O) groups is 1. The highest BCUT2D eigenvalue weighted by Crippen LogP contribution is 2.11. The second kappa shape index (κ2) is 5.49. The number of hydrogen-bond donors (Lipinski definition) is 1. The summed E-state index contributed by atoms with van der Waals surface area (Å²) < 4.78 is 0. The first kappa shape index (κ1) is 13.0. The van der Waals surface area contributed by atoms with E-state index in [0.29, 0.717) is 0 Å². The number of piperazine rings is 1. The number of carbonyl (C=O) groups excluding carboxylic acids is 1. The number of amides is 1. The molecule has 2 heterocycles. The van der Waals surface area contributed by atoms with Gasteiger partial charge in [-0.3, -0.25) is 14.6 Å². The molecular formula is C12H21N5O. The van der Waals surface area contributed by atoms with Crippen LogP contribution < -0.4 is 0 Å². The number of nitrogens with zero attached hydrogens (tertiary/aromatic N) is 4. The van der Waals surface area contributed by atoms with Crippen LogP contribution in [0.15, 0.2) is 12.4 Å². The molecule has 1 aliphatic heterocycles. The van der Waals surface area contributed by atoms with Crippen molar-refractivity contribution in [2.75, 3.05) is 40.8 Å². The van der Waals surface area contributed by atoms with E-state index in [0.717, 1.165) is 32.0 Å². The SMILES string of the molecule is CN(C)C(=O)[C@@H]1CN(Cc2ncc[nH]2)CCN1C. The molecule has 1 aliphatic rings. The Labute approximate surface area is 108 Å². The number of aromatic nitrogens is 2. The lowest BCUT2D eigenvalue weighted by atomic mass is 10.1. The molecule has 1 aromatic rings. The molecule has 6 nitrogen and oxygen atoms in total. The maximum absolute atomic E-state index is 12.1. The molecule has 0 spiro atoms. The van der Waals surface area contributed by atoms with Crippen molar-refractivity contribution in [1.29, 1.82) is 0 Å². The predicted octanol–water partition coefficient (Wildman–Crippen LogP) is -0.386. The maximum atomic E-state index is 12.1. The Kier molecular flexibility index (Phi) is 3.98. The van der Waals surface area contributed by atoms with Gasteiger partial charge < -0.3 is 9.88 Å². The van der Waals surface area contributed by atoms with E-state index in [1.807, 2.05) is 27.3 Å². The lowest BCUT2D eigenvalue weighted by Gasteiger charge is -2.39. The zero-order valence-corrected chi connectivity index (χ0v) is 11.3. The summed E-state index contributed by atoms with van der Waals surface area (Å²) in [7, 11) is 5.62. The predicted molar refractivity (Wildman–Crippen MR) is 69.0 cm³/mol. The van der Waals surface area contributed by atoms with Crippen molar-refractivity contribution in [3.63, 3.8) is 0 Å². The van der Waals surface area contributed by atoms with Crippen LogP contribution in [0.2, 0.25) is 0 Å². The molecular weight excluding hydrogens is 230 g/mol. The average molecular weight is 251 g/mol. The molecule has 1 N–H and O–H groups in total. The molecule has 1 aromatic heterocycles. The van der Waals surface area contributed by atoms with Gasteiger partial charge in [0.2, 0.25) is 5.91 Å². The van der Waals surface area contributed by atoms with E-state index in [1.165, 1.54) is 0 Å². The summed E-state index contributed by atoms with van der Waals surface area (Å²) >= 11 is 0. The Morgan fingerprint density at radius 3 is 2.94 bits per heavy atom. The molecule has 1 fully saturated rings. The Morgan fingerprint density at radius 1 is 1.56 bits per heavy atom. The van der Waals surface area contributed by atoms with Gasteiger partial charge in [-0.2, -0.15) is 0 Å². The summed E-state index contributed by atoms with van der Waals surface area (Å²) in [6.07, 6.45) is 3.59. The van der Waals surface area contributed by atoms with Crippen LogP contribution in [0.4, 0.5) is 0 Å². The Hall–Kier alpha value is -1.40. The van der Waals surface area contributed by atoms with E-state index >= 15 is 0 Å². The van der Waals surface area contributed by atoms with Gasteiger partial charge in [0.15, 0.2) is 0 Å². The van der Waals surface area contributed by atoms with Gasteiger partial charge in [0.05, 0.1) is 6.54 Å². The highest BCUT2D eigenvalue weighted by molar-refractivity contribution is 5.81. The van der Waals surface area contributed by atoms with E-state index in [2.05, 4.69) is 19.8 Å². The van der Waals surface area contributed by atoms with Crippen LogP contribution in [-0.4, -0.2) is 77.4 Å². The molecule has 1 saturated heterocycles. The first-order chi connectivity index (χ1) is 8.58. The zero-order valence-electron chi connectivity index (χ0n) is 11.3. The number of hydrogen-bond acceptors (Lipinski definition) is 4. The quantitative estimate of drug-likeness (QED) is 0.795. The minimum Gasteiger partial charge on any atom is -0.348 e. The minimum atomic E-state index is -0.0521. The van der Waals surface area contributed by atoms with Crippen molar-refractivity contribution in [1.82, 2.24) is 24.7 Å². The van der Waals surface area contributed by atoms with Gasteiger partial charge in [-0.15, -0.1) is 0 Å². The largest absolute Gasteiger partial charge is 0.348 e. The summed E-state index contributed by atoms with van der Waals surface area (Å²) in [5.74, 6) is 1.12. The zero-order chi connectivity index (χ0) is 13.1. The summed E-state index contributed by atoms with van der Waals surface area (Å²) in [5.41, 5.74) is 0. The van der Waals surface area contributed by atoms with Crippen LogP contribution in [-0.2, 0) is 11.3 Å². The number of imidazole rings is 1. The summed E-state index contributed by atoms with van der Waals surface area (Å²) in [5, 5.41) is 0. The lowest BCUT2D eigenvalue weighted by Crippen LogP contribution is -2.57. The normalized spacial score (nSPS) is 22.1. The number of rotatable bonds is 3. The fourth-order valence-electron chi connectivity index (χ4n) is 2.23. The molecule has 0 aromatic carbocycles. The third kappa shape index (κ3) is 2.88. The molecule has 0 bridgehead atoms. The fraction of sp³-hybridized carbons (Fsp3) is 0.667. The first-order valence-corrected chi connectivity index (χ1v) is 6.20. The molecule has 1 atom stereocenters. The van der Waals surface area contributed by atoms with Crippen molar-refractivity contribution < 1.29 is 4.79 Å². The van der Waals surface area contributed by atoms with Gasteiger partial charge in [0.25, 0.3) is 0 Å². The summed E-state index contributed by atoms with van der Waals surface area (Å²) in [6.45, 7) is 3.41. The highest BCUT2D eigenvalue weighted by atomic mass is 16.2. The van der Waals surface area contributed by atoms with Gasteiger partial charge in [-0.25, -0.2) is 4.98 Å². The van der Waals surface area contributed by atoms with Crippen molar-refractivity contribution in [2.45, 2.75) is 12.6 Å². The third-order valence-corrected chi connectivity index (χ3v) is 3.39. The second-order valence-electron chi connectivity index (χ2n) is 5.00. The monoisotopic (exact) mass is 251 g/mol. The molecule has 6 heteroatoms. The minimum absolute atomic E-state index is 0.0521. The topological polar surface area (TPSA) is 55.5 Å². The lowest BCUT2D eigenvalue weighted by molar-refractivity contribution is -0.136. The van der Waals surface area contributed by atoms with Crippen LogP contribution in [0.25, 0.3) is 0 Å². The van der Waals surface area contributed by atoms with E-state index in [1.54, 1.807) is 11.1 Å². The molecule has 0 radical (unpaired) electrons. The number of nitrogens with one attached hydrogen (secondary N) is 1. The second-order valence-corrected chi connectivity index (χ2v) is 5.00. The van der Waals surface area contributed by atoms with Crippen LogP contribution in [0.5, 0.6) is 0 Å². The molecule has 0 unspecified atom stereocenters. The van der Waals surface area contributed by atoms with Crippen molar-refractivity contribution >= 4 is 5.91 Å². The van der Waals surface area contributed by atoms with Gasteiger partial charge >= 0.3 is 0 Å². The third-order valence-electron chi connectivity index (χ3n) is 3.39. The Morgan fingerprint density at radius 2 is 2.33 bits per heavy atom. The van der Waals surface area contributed by atoms with Crippen molar-refractivity contribution in [2.24, 2.45) is 0 Å². The average Bonchev–Trinajstić information content (AvgIpc) is 2.83. The Bertz CT molecular complexity index is 389. The van der Waals surface area contributed by atoms with Gasteiger partial charge in [0.1, 0.15) is 11.9 Å². The molecule has 100 valence electrons. The molecule has 0 aliphatic carbocycles. The van der Waals surface area contributed by atoms with Crippen molar-refractivity contribution in [3.8, 4) is 0 Å². The smallest absolute Gasteiger partial charge is 0.240 e. The fourth-order valence-corrected chi connectivity index (χ4v) is 2.23. The summed E-state index contributed by atoms with van der Waals surface area (Å²) in [6, 6.07) is -0.0521. The van der Waals surface area contributed by atoms with Crippen LogP contribution in [0.1, 0.15) is 5.82 Å². The van der Waals surface area contributed by atoms with E-state index in [4.69, 9.17) is 0 Å². The maximum Gasteiger partial charge on any atom is 0.240 e. The molecule has 0 saturated carbocycles. The van der Waals surface area contributed by atoms with Crippen molar-refractivity contribution in [3.05, 3.63) is 18.2 Å². The van der Waals surface area contributed by atoms with Crippen LogP contribution >= 0.6 is 0 Å². The van der Waals surface area contributed by atoms with Crippen LogP contribution in [0, 0.1) is 0 Å². The molecule has 1 amide bonds. The van der Waals surface area contributed by atoms with Gasteiger partial charge in [0, 0.05) is 46.1 Å². The first-order valence-electron chi connectivity index (χ1n) is 6.20. The number of likely N-dealkylation sites (N-methyl/N-ethyl adjacent to an activating group) is 2. The Balaban J connectivity index is 1.97. The molecule has 18 heavy (non-hydrogen) atoms. The highest BCUT2D eigenvalue weighted by Gasteiger charge is 2.31.